The SMILES string of the molecule is Br.CCN(CC)c1ccc(Nc2nc(-c3c(C)nc4ncccn34)cs2)cc1. The normalized spacial score (nSPS) is 10.7. The second-order valence-corrected chi connectivity index (χ2v) is 7.08. The fraction of sp³-hybridized carbons (Fsp3) is 0.250. The van der Waals surface area contributed by atoms with Crippen molar-refractivity contribution in [2.24, 2.45) is 0 Å². The van der Waals surface area contributed by atoms with E-state index >= 15 is 0 Å². The number of hydrogen-bond acceptors (Lipinski definition) is 6. The summed E-state index contributed by atoms with van der Waals surface area (Å²) in [4.78, 5) is 15.9. The van der Waals surface area contributed by atoms with Crippen LogP contribution in [0.3, 0.4) is 0 Å². The van der Waals surface area contributed by atoms with E-state index in [0.29, 0.717) is 5.78 Å². The molecule has 4 aromatic rings. The molecule has 8 heteroatoms. The van der Waals surface area contributed by atoms with Crippen LogP contribution in [0, 0.1) is 6.92 Å². The van der Waals surface area contributed by atoms with Crippen LogP contribution in [0.4, 0.5) is 16.5 Å². The molecule has 0 atom stereocenters. The van der Waals surface area contributed by atoms with E-state index in [0.717, 1.165) is 41.0 Å². The molecule has 0 spiro atoms. The Kier molecular flexibility index (Phi) is 6.31. The van der Waals surface area contributed by atoms with Crippen molar-refractivity contribution in [1.82, 2.24) is 19.4 Å². The Bertz CT molecular complexity index is 1050. The number of nitrogens with one attached hydrogen (secondary N) is 1. The standard InChI is InChI=1S/C20H22N6S.BrH/c1-4-25(5-2)16-9-7-15(8-10-16)23-20-24-17(13-27-20)18-14(3)22-19-21-11-6-12-26(18)19;/h6-13H,4-5H2,1-3H3,(H,23,24);1H. The predicted molar refractivity (Wildman–Crippen MR) is 122 cm³/mol. The van der Waals surface area contributed by atoms with Gasteiger partial charge in [-0.15, -0.1) is 28.3 Å². The predicted octanol–water partition coefficient (Wildman–Crippen LogP) is 5.33. The van der Waals surface area contributed by atoms with Gasteiger partial charge in [0.25, 0.3) is 0 Å². The van der Waals surface area contributed by atoms with Crippen molar-refractivity contribution in [3.8, 4) is 11.4 Å². The number of benzene rings is 1. The molecular weight excluding hydrogens is 436 g/mol. The first-order valence-corrected chi connectivity index (χ1v) is 9.95. The van der Waals surface area contributed by atoms with Gasteiger partial charge in [0.2, 0.25) is 5.78 Å². The van der Waals surface area contributed by atoms with Crippen molar-refractivity contribution in [3.63, 3.8) is 0 Å². The van der Waals surface area contributed by atoms with E-state index in [1.807, 2.05) is 23.6 Å². The van der Waals surface area contributed by atoms with Gasteiger partial charge in [0.15, 0.2) is 5.13 Å². The number of imidazole rings is 1. The Morgan fingerprint density at radius 2 is 1.86 bits per heavy atom. The maximum absolute atomic E-state index is 4.76. The van der Waals surface area contributed by atoms with Gasteiger partial charge >= 0.3 is 0 Å². The lowest BCUT2D eigenvalue weighted by atomic mass is 10.2. The van der Waals surface area contributed by atoms with Crippen LogP contribution in [0.25, 0.3) is 17.2 Å². The fourth-order valence-corrected chi connectivity index (χ4v) is 3.93. The lowest BCUT2D eigenvalue weighted by Gasteiger charge is -2.21. The summed E-state index contributed by atoms with van der Waals surface area (Å²) in [6.45, 7) is 8.34. The minimum absolute atomic E-state index is 0. The summed E-state index contributed by atoms with van der Waals surface area (Å²) >= 11 is 1.59. The van der Waals surface area contributed by atoms with E-state index < -0.39 is 0 Å². The number of rotatable bonds is 6. The summed E-state index contributed by atoms with van der Waals surface area (Å²) in [6, 6.07) is 10.4. The Morgan fingerprint density at radius 3 is 2.57 bits per heavy atom. The minimum Gasteiger partial charge on any atom is -0.372 e. The molecule has 3 aromatic heterocycles. The van der Waals surface area contributed by atoms with Gasteiger partial charge in [-0.2, -0.15) is 0 Å². The highest BCUT2D eigenvalue weighted by molar-refractivity contribution is 8.93. The van der Waals surface area contributed by atoms with Crippen molar-refractivity contribution in [1.29, 1.82) is 0 Å². The summed E-state index contributed by atoms with van der Waals surface area (Å²) in [5.74, 6) is 0.694. The fourth-order valence-electron chi connectivity index (χ4n) is 3.21. The molecule has 4 rings (SSSR count). The summed E-state index contributed by atoms with van der Waals surface area (Å²) < 4.78 is 1.98. The zero-order chi connectivity index (χ0) is 18.8. The summed E-state index contributed by atoms with van der Waals surface area (Å²) in [5, 5.41) is 6.31. The Balaban J connectivity index is 0.00000225. The lowest BCUT2D eigenvalue weighted by molar-refractivity contribution is 0.866. The largest absolute Gasteiger partial charge is 0.372 e. The average molecular weight is 459 g/mol. The van der Waals surface area contributed by atoms with E-state index in [4.69, 9.17) is 4.98 Å². The molecule has 0 saturated carbocycles. The molecule has 0 aliphatic carbocycles. The minimum atomic E-state index is 0. The van der Waals surface area contributed by atoms with Crippen molar-refractivity contribution in [2.75, 3.05) is 23.3 Å². The summed E-state index contributed by atoms with van der Waals surface area (Å²) in [5.41, 5.74) is 5.08. The van der Waals surface area contributed by atoms with E-state index in [2.05, 4.69) is 63.7 Å². The van der Waals surface area contributed by atoms with Gasteiger partial charge in [-0.25, -0.2) is 15.0 Å². The second kappa shape index (κ2) is 8.70. The van der Waals surface area contributed by atoms with E-state index in [-0.39, 0.29) is 17.0 Å². The first kappa shape index (κ1) is 20.3. The van der Waals surface area contributed by atoms with Crippen molar-refractivity contribution in [2.45, 2.75) is 20.8 Å². The molecular formula is C20H23BrN6S. The molecule has 0 amide bonds. The monoisotopic (exact) mass is 458 g/mol. The van der Waals surface area contributed by atoms with Gasteiger partial charge in [0.05, 0.1) is 11.4 Å². The number of nitrogens with zero attached hydrogens (tertiary/aromatic N) is 5. The number of thiazole rings is 1. The van der Waals surface area contributed by atoms with Gasteiger partial charge in [-0.1, -0.05) is 0 Å². The number of fused-ring (bicyclic) bond motifs is 1. The third kappa shape index (κ3) is 3.88. The first-order chi connectivity index (χ1) is 13.2. The number of halogens is 1. The summed E-state index contributed by atoms with van der Waals surface area (Å²) in [7, 11) is 0. The van der Waals surface area contributed by atoms with Gasteiger partial charge < -0.3 is 10.2 Å². The highest BCUT2D eigenvalue weighted by Gasteiger charge is 2.14. The van der Waals surface area contributed by atoms with Gasteiger partial charge in [0.1, 0.15) is 5.69 Å². The van der Waals surface area contributed by atoms with Crippen molar-refractivity contribution < 1.29 is 0 Å². The van der Waals surface area contributed by atoms with Crippen LogP contribution in [0.1, 0.15) is 19.5 Å². The van der Waals surface area contributed by atoms with E-state index in [1.165, 1.54) is 5.69 Å². The van der Waals surface area contributed by atoms with Crippen LogP contribution in [0.15, 0.2) is 48.1 Å². The zero-order valence-corrected chi connectivity index (χ0v) is 18.6. The molecule has 0 bridgehead atoms. The first-order valence-electron chi connectivity index (χ1n) is 9.07. The van der Waals surface area contributed by atoms with Crippen molar-refractivity contribution in [3.05, 3.63) is 53.8 Å². The van der Waals surface area contributed by atoms with Gasteiger partial charge in [0, 0.05) is 42.2 Å². The van der Waals surface area contributed by atoms with Crippen LogP contribution in [-0.4, -0.2) is 32.4 Å². The highest BCUT2D eigenvalue weighted by Crippen LogP contribution is 2.30. The van der Waals surface area contributed by atoms with E-state index in [1.54, 1.807) is 17.5 Å². The summed E-state index contributed by atoms with van der Waals surface area (Å²) in [6.07, 6.45) is 3.72. The molecule has 3 heterocycles. The second-order valence-electron chi connectivity index (χ2n) is 6.22. The Labute approximate surface area is 179 Å². The van der Waals surface area contributed by atoms with Gasteiger partial charge in [-0.3, -0.25) is 4.40 Å². The maximum atomic E-state index is 4.76. The third-order valence-corrected chi connectivity index (χ3v) is 5.33. The molecule has 0 aliphatic heterocycles. The Hall–Kier alpha value is -2.45. The quantitative estimate of drug-likeness (QED) is 0.423. The van der Waals surface area contributed by atoms with Crippen LogP contribution in [0.5, 0.6) is 0 Å². The van der Waals surface area contributed by atoms with E-state index in [9.17, 15) is 0 Å². The molecule has 0 unspecified atom stereocenters. The molecule has 28 heavy (non-hydrogen) atoms. The highest BCUT2D eigenvalue weighted by atomic mass is 79.9. The molecule has 146 valence electrons. The zero-order valence-electron chi connectivity index (χ0n) is 16.1. The van der Waals surface area contributed by atoms with Crippen LogP contribution < -0.4 is 10.2 Å². The smallest absolute Gasteiger partial charge is 0.234 e. The molecule has 0 radical (unpaired) electrons. The molecule has 0 aliphatic rings. The molecule has 6 nitrogen and oxygen atoms in total. The maximum Gasteiger partial charge on any atom is 0.234 e. The lowest BCUT2D eigenvalue weighted by Crippen LogP contribution is -2.21. The average Bonchev–Trinajstić information content (AvgIpc) is 3.27. The molecule has 0 fully saturated rings. The third-order valence-electron chi connectivity index (χ3n) is 4.57. The molecule has 0 saturated heterocycles. The number of aromatic nitrogens is 4. The van der Waals surface area contributed by atoms with Crippen LogP contribution in [-0.2, 0) is 0 Å². The number of aryl methyl sites for hydroxylation is 1. The molecule has 1 N–H and O–H groups in total. The van der Waals surface area contributed by atoms with Crippen LogP contribution in [0.2, 0.25) is 0 Å². The number of anilines is 3. The van der Waals surface area contributed by atoms with Gasteiger partial charge in [-0.05, 0) is 51.1 Å². The topological polar surface area (TPSA) is 58.3 Å². The van der Waals surface area contributed by atoms with Crippen LogP contribution >= 0.6 is 28.3 Å². The molecule has 1 aromatic carbocycles. The number of hydrogen-bond donors (Lipinski definition) is 1. The Morgan fingerprint density at radius 1 is 1.11 bits per heavy atom. The van der Waals surface area contributed by atoms with Crippen molar-refractivity contribution >= 4 is 50.6 Å².